The van der Waals surface area contributed by atoms with Crippen molar-refractivity contribution in [3.63, 3.8) is 0 Å². The van der Waals surface area contributed by atoms with Crippen LogP contribution in [0.25, 0.3) is 21.8 Å². The van der Waals surface area contributed by atoms with Crippen LogP contribution in [0.4, 0.5) is 0 Å². The molecule has 0 bridgehead atoms. The van der Waals surface area contributed by atoms with Gasteiger partial charge in [0.15, 0.2) is 0 Å². The fourth-order valence-electron chi connectivity index (χ4n) is 1.79. The van der Waals surface area contributed by atoms with Crippen molar-refractivity contribution in [2.45, 2.75) is 0 Å². The zero-order chi connectivity index (χ0) is 13.4. The number of benzene rings is 1. The van der Waals surface area contributed by atoms with Crippen molar-refractivity contribution in [3.8, 4) is 21.8 Å². The van der Waals surface area contributed by atoms with Gasteiger partial charge in [0.2, 0.25) is 0 Å². The fraction of sp³-hybridized carbons (Fsp3) is 0. The summed E-state index contributed by atoms with van der Waals surface area (Å²) < 4.78 is 0. The number of halogens is 3. The van der Waals surface area contributed by atoms with Gasteiger partial charge in [-0.2, -0.15) is 5.10 Å². The fourth-order valence-corrected chi connectivity index (χ4v) is 3.50. The first-order valence-corrected chi connectivity index (χ1v) is 7.40. The molecule has 0 saturated carbocycles. The monoisotopic (exact) mass is 328 g/mol. The molecule has 0 spiro atoms. The molecule has 96 valence electrons. The summed E-state index contributed by atoms with van der Waals surface area (Å²) in [5.74, 6) is 0. The van der Waals surface area contributed by atoms with Crippen molar-refractivity contribution in [1.82, 2.24) is 10.2 Å². The van der Waals surface area contributed by atoms with E-state index in [0.717, 1.165) is 10.6 Å². The van der Waals surface area contributed by atoms with Gasteiger partial charge in [-0.25, -0.2) is 0 Å². The minimum atomic E-state index is 0.488. The summed E-state index contributed by atoms with van der Waals surface area (Å²) in [6.07, 6.45) is 0. The van der Waals surface area contributed by atoms with Gasteiger partial charge in [-0.05, 0) is 29.6 Å². The summed E-state index contributed by atoms with van der Waals surface area (Å²) >= 11 is 19.9. The predicted octanol–water partition coefficient (Wildman–Crippen LogP) is 5.77. The van der Waals surface area contributed by atoms with Crippen LogP contribution < -0.4 is 0 Å². The van der Waals surface area contributed by atoms with Crippen molar-refractivity contribution >= 4 is 46.1 Å². The van der Waals surface area contributed by atoms with E-state index >= 15 is 0 Å². The van der Waals surface area contributed by atoms with Gasteiger partial charge in [0.1, 0.15) is 0 Å². The van der Waals surface area contributed by atoms with E-state index in [4.69, 9.17) is 34.8 Å². The number of hydrogen-bond donors (Lipinski definition) is 1. The third kappa shape index (κ3) is 2.51. The molecule has 1 aromatic carbocycles. The highest BCUT2D eigenvalue weighted by molar-refractivity contribution is 7.13. The minimum absolute atomic E-state index is 0.488. The molecule has 2 nitrogen and oxygen atoms in total. The molecule has 0 amide bonds. The van der Waals surface area contributed by atoms with Gasteiger partial charge in [0, 0.05) is 10.6 Å². The lowest BCUT2D eigenvalue weighted by Crippen LogP contribution is -1.82. The van der Waals surface area contributed by atoms with Crippen molar-refractivity contribution in [2.24, 2.45) is 0 Å². The Morgan fingerprint density at radius 3 is 2.42 bits per heavy atom. The number of hydrogen-bond acceptors (Lipinski definition) is 2. The molecule has 2 aromatic heterocycles. The standard InChI is InChI=1S/C13H7Cl3N2S/c14-7-4-8(15)13(9(16)5-7)11-6-10(17-18-11)12-2-1-3-19-12/h1-6H,(H,17,18). The van der Waals surface area contributed by atoms with Crippen LogP contribution >= 0.6 is 46.1 Å². The molecule has 0 aliphatic rings. The van der Waals surface area contributed by atoms with E-state index in [1.807, 2.05) is 23.6 Å². The maximum Gasteiger partial charge on any atom is 0.0957 e. The molecule has 3 rings (SSSR count). The molecular formula is C13H7Cl3N2S. The molecule has 0 atom stereocenters. The first-order valence-electron chi connectivity index (χ1n) is 5.39. The zero-order valence-electron chi connectivity index (χ0n) is 9.45. The number of nitrogens with one attached hydrogen (secondary N) is 1. The SMILES string of the molecule is Clc1cc(Cl)c(-c2cc(-c3cccs3)[nH]n2)c(Cl)c1. The Balaban J connectivity index is 2.09. The van der Waals surface area contributed by atoms with Gasteiger partial charge < -0.3 is 0 Å². The number of rotatable bonds is 2. The van der Waals surface area contributed by atoms with Crippen LogP contribution in [-0.4, -0.2) is 10.2 Å². The largest absolute Gasteiger partial charge is 0.276 e. The Bertz CT molecular complexity index is 696. The maximum atomic E-state index is 6.18. The number of H-pyrrole nitrogens is 1. The van der Waals surface area contributed by atoms with Gasteiger partial charge in [0.25, 0.3) is 0 Å². The third-order valence-electron chi connectivity index (χ3n) is 2.63. The first kappa shape index (κ1) is 13.0. The molecule has 6 heteroatoms. The van der Waals surface area contributed by atoms with Crippen molar-refractivity contribution in [3.05, 3.63) is 50.8 Å². The van der Waals surface area contributed by atoms with Crippen LogP contribution in [0.3, 0.4) is 0 Å². The van der Waals surface area contributed by atoms with Crippen molar-refractivity contribution in [1.29, 1.82) is 0 Å². The molecule has 0 radical (unpaired) electrons. The predicted molar refractivity (Wildman–Crippen MR) is 82.4 cm³/mol. The topological polar surface area (TPSA) is 28.7 Å². The van der Waals surface area contributed by atoms with Crippen molar-refractivity contribution < 1.29 is 0 Å². The van der Waals surface area contributed by atoms with Crippen LogP contribution in [-0.2, 0) is 0 Å². The summed E-state index contributed by atoms with van der Waals surface area (Å²) in [6, 6.07) is 9.25. The van der Waals surface area contributed by atoms with Crippen LogP contribution in [0.15, 0.2) is 35.7 Å². The van der Waals surface area contributed by atoms with Gasteiger partial charge >= 0.3 is 0 Å². The van der Waals surface area contributed by atoms with Crippen LogP contribution in [0.2, 0.25) is 15.1 Å². The van der Waals surface area contributed by atoms with E-state index < -0.39 is 0 Å². The Hall–Kier alpha value is -1.00. The second-order valence-corrected chi connectivity index (χ2v) is 6.09. The average Bonchev–Trinajstić information content (AvgIpc) is 2.97. The lowest BCUT2D eigenvalue weighted by molar-refractivity contribution is 1.10. The lowest BCUT2D eigenvalue weighted by atomic mass is 10.1. The maximum absolute atomic E-state index is 6.18. The Morgan fingerprint density at radius 2 is 1.79 bits per heavy atom. The van der Waals surface area contributed by atoms with E-state index in [1.165, 1.54) is 0 Å². The second-order valence-electron chi connectivity index (χ2n) is 3.89. The van der Waals surface area contributed by atoms with E-state index in [9.17, 15) is 0 Å². The lowest BCUT2D eigenvalue weighted by Gasteiger charge is -2.04. The number of aromatic nitrogens is 2. The second kappa shape index (κ2) is 5.17. The molecule has 0 fully saturated rings. The highest BCUT2D eigenvalue weighted by atomic mass is 35.5. The van der Waals surface area contributed by atoms with Gasteiger partial charge in [-0.3, -0.25) is 5.10 Å². The summed E-state index contributed by atoms with van der Waals surface area (Å²) in [5.41, 5.74) is 2.33. The Labute approximate surface area is 128 Å². The molecule has 3 aromatic rings. The molecule has 0 saturated heterocycles. The van der Waals surface area contributed by atoms with Gasteiger partial charge in [0.05, 0.1) is 26.3 Å². The number of nitrogens with zero attached hydrogens (tertiary/aromatic N) is 1. The van der Waals surface area contributed by atoms with E-state index in [1.54, 1.807) is 23.5 Å². The molecule has 19 heavy (non-hydrogen) atoms. The molecule has 0 aliphatic heterocycles. The van der Waals surface area contributed by atoms with Gasteiger partial charge in [-0.15, -0.1) is 11.3 Å². The van der Waals surface area contributed by atoms with Gasteiger partial charge in [-0.1, -0.05) is 40.9 Å². The summed E-state index contributed by atoms with van der Waals surface area (Å²) in [6.45, 7) is 0. The zero-order valence-corrected chi connectivity index (χ0v) is 12.5. The van der Waals surface area contributed by atoms with Crippen LogP contribution in [0.5, 0.6) is 0 Å². The Kier molecular flexibility index (Phi) is 3.54. The summed E-state index contributed by atoms with van der Waals surface area (Å²) in [5, 5.41) is 10.7. The normalized spacial score (nSPS) is 10.9. The number of aromatic amines is 1. The van der Waals surface area contributed by atoms with E-state index in [-0.39, 0.29) is 0 Å². The average molecular weight is 330 g/mol. The molecule has 0 unspecified atom stereocenters. The minimum Gasteiger partial charge on any atom is -0.276 e. The molecule has 2 heterocycles. The Morgan fingerprint density at radius 1 is 1.05 bits per heavy atom. The smallest absolute Gasteiger partial charge is 0.0957 e. The molecular weight excluding hydrogens is 323 g/mol. The third-order valence-corrected chi connectivity index (χ3v) is 4.35. The van der Waals surface area contributed by atoms with E-state index in [2.05, 4.69) is 10.2 Å². The molecule has 0 aliphatic carbocycles. The number of thiophene rings is 1. The first-order chi connectivity index (χ1) is 9.15. The highest BCUT2D eigenvalue weighted by Crippen LogP contribution is 2.37. The summed E-state index contributed by atoms with van der Waals surface area (Å²) in [4.78, 5) is 1.11. The van der Waals surface area contributed by atoms with E-state index in [0.29, 0.717) is 26.3 Å². The van der Waals surface area contributed by atoms with Crippen LogP contribution in [0.1, 0.15) is 0 Å². The quantitative estimate of drug-likeness (QED) is 0.635. The van der Waals surface area contributed by atoms with Crippen molar-refractivity contribution in [2.75, 3.05) is 0 Å². The van der Waals surface area contributed by atoms with Crippen LogP contribution in [0, 0.1) is 0 Å². The highest BCUT2D eigenvalue weighted by Gasteiger charge is 2.14. The summed E-state index contributed by atoms with van der Waals surface area (Å²) in [7, 11) is 0. The molecule has 1 N–H and O–H groups in total.